The number of carbonyl (C=O) groups excluding carboxylic acids is 1. The van der Waals surface area contributed by atoms with Crippen LogP contribution in [0.2, 0.25) is 0 Å². The maximum Gasteiger partial charge on any atom is 0.209 e. The van der Waals surface area contributed by atoms with Crippen LogP contribution in [0.1, 0.15) is 19.8 Å². The van der Waals surface area contributed by atoms with Gasteiger partial charge in [-0.3, -0.25) is 9.69 Å². The summed E-state index contributed by atoms with van der Waals surface area (Å²) in [6.45, 7) is 11.2. The molecule has 17 heavy (non-hydrogen) atoms. The van der Waals surface area contributed by atoms with E-state index in [1.165, 1.54) is 39.0 Å². The second-order valence-corrected chi connectivity index (χ2v) is 5.51. The lowest BCUT2D eigenvalue weighted by atomic mass is 9.99. The monoisotopic (exact) mass is 239 g/mol. The second-order valence-electron chi connectivity index (χ2n) is 5.51. The Kier molecular flexibility index (Phi) is 4.80. The minimum atomic E-state index is 0.903. The van der Waals surface area contributed by atoms with E-state index < -0.39 is 0 Å². The summed E-state index contributed by atoms with van der Waals surface area (Å²) in [6, 6.07) is 0. The van der Waals surface area contributed by atoms with Crippen molar-refractivity contribution in [3.8, 4) is 0 Å². The molecule has 1 amide bonds. The molecule has 2 rings (SSSR count). The summed E-state index contributed by atoms with van der Waals surface area (Å²) in [5, 5.41) is 0. The summed E-state index contributed by atoms with van der Waals surface area (Å²) >= 11 is 0. The molecule has 0 aromatic carbocycles. The van der Waals surface area contributed by atoms with Crippen molar-refractivity contribution >= 4 is 6.41 Å². The van der Waals surface area contributed by atoms with Gasteiger partial charge in [0.25, 0.3) is 0 Å². The highest BCUT2D eigenvalue weighted by atomic mass is 16.1. The van der Waals surface area contributed by atoms with Gasteiger partial charge >= 0.3 is 0 Å². The number of nitrogens with zero attached hydrogens (tertiary/aromatic N) is 3. The number of amides is 1. The number of carbonyl (C=O) groups is 1. The van der Waals surface area contributed by atoms with E-state index in [2.05, 4.69) is 16.7 Å². The zero-order chi connectivity index (χ0) is 12.1. The standard InChI is InChI=1S/C13H25N3O/c1-13-2-4-14(5-3-13)6-7-15-8-10-16(12-17)11-9-15/h12-13H,2-11H2,1H3. The summed E-state index contributed by atoms with van der Waals surface area (Å²) in [6.07, 6.45) is 3.70. The molecule has 0 aromatic heterocycles. The minimum absolute atomic E-state index is 0.903. The van der Waals surface area contributed by atoms with E-state index in [1.807, 2.05) is 4.90 Å². The van der Waals surface area contributed by atoms with Crippen molar-refractivity contribution in [1.29, 1.82) is 0 Å². The smallest absolute Gasteiger partial charge is 0.209 e. The summed E-state index contributed by atoms with van der Waals surface area (Å²) in [5.74, 6) is 0.919. The van der Waals surface area contributed by atoms with Crippen LogP contribution in [0.4, 0.5) is 0 Å². The molecule has 2 saturated heterocycles. The summed E-state index contributed by atoms with van der Waals surface area (Å²) in [5.41, 5.74) is 0. The number of piperidine rings is 1. The van der Waals surface area contributed by atoms with E-state index in [9.17, 15) is 4.79 Å². The number of hydrogen-bond donors (Lipinski definition) is 0. The van der Waals surface area contributed by atoms with E-state index >= 15 is 0 Å². The molecule has 0 N–H and O–H groups in total. The molecule has 0 aliphatic carbocycles. The van der Waals surface area contributed by atoms with Crippen LogP contribution in [0, 0.1) is 5.92 Å². The molecular formula is C13H25N3O. The van der Waals surface area contributed by atoms with Crippen molar-refractivity contribution in [1.82, 2.24) is 14.7 Å². The third-order valence-corrected chi connectivity index (χ3v) is 4.16. The maximum atomic E-state index is 10.6. The van der Waals surface area contributed by atoms with Gasteiger partial charge < -0.3 is 9.80 Å². The van der Waals surface area contributed by atoms with E-state index in [1.54, 1.807) is 0 Å². The first kappa shape index (κ1) is 12.8. The highest BCUT2D eigenvalue weighted by Gasteiger charge is 2.18. The molecule has 0 aromatic rings. The Morgan fingerprint density at radius 1 is 0.941 bits per heavy atom. The molecule has 0 saturated carbocycles. The van der Waals surface area contributed by atoms with Crippen LogP contribution in [0.25, 0.3) is 0 Å². The van der Waals surface area contributed by atoms with Gasteiger partial charge in [-0.15, -0.1) is 0 Å². The molecule has 0 spiro atoms. The molecule has 0 atom stereocenters. The van der Waals surface area contributed by atoms with E-state index in [0.717, 1.165) is 38.5 Å². The Bertz CT molecular complexity index is 231. The molecule has 0 bridgehead atoms. The molecule has 0 unspecified atom stereocenters. The van der Waals surface area contributed by atoms with Crippen molar-refractivity contribution in [3.63, 3.8) is 0 Å². The quantitative estimate of drug-likeness (QED) is 0.668. The van der Waals surface area contributed by atoms with Crippen molar-refractivity contribution in [2.75, 3.05) is 52.4 Å². The molecule has 4 nitrogen and oxygen atoms in total. The predicted molar refractivity (Wildman–Crippen MR) is 68.9 cm³/mol. The maximum absolute atomic E-state index is 10.6. The number of hydrogen-bond acceptors (Lipinski definition) is 3. The number of likely N-dealkylation sites (tertiary alicyclic amines) is 1. The van der Waals surface area contributed by atoms with Gasteiger partial charge in [-0.25, -0.2) is 0 Å². The van der Waals surface area contributed by atoms with Crippen LogP contribution >= 0.6 is 0 Å². The molecule has 98 valence electrons. The third kappa shape index (κ3) is 3.96. The topological polar surface area (TPSA) is 26.8 Å². The lowest BCUT2D eigenvalue weighted by Gasteiger charge is -2.35. The van der Waals surface area contributed by atoms with E-state index in [-0.39, 0.29) is 0 Å². The molecule has 2 aliphatic rings. The fraction of sp³-hybridized carbons (Fsp3) is 0.923. The Morgan fingerprint density at radius 3 is 2.00 bits per heavy atom. The van der Waals surface area contributed by atoms with Crippen LogP contribution < -0.4 is 0 Å². The molecule has 2 fully saturated rings. The Balaban J connectivity index is 1.61. The van der Waals surface area contributed by atoms with Gasteiger partial charge in [0, 0.05) is 39.3 Å². The first-order valence-corrected chi connectivity index (χ1v) is 6.92. The lowest BCUT2D eigenvalue weighted by molar-refractivity contribution is -0.119. The van der Waals surface area contributed by atoms with E-state index in [0.29, 0.717) is 0 Å². The molecule has 0 radical (unpaired) electrons. The lowest BCUT2D eigenvalue weighted by Crippen LogP contribution is -2.48. The summed E-state index contributed by atoms with van der Waals surface area (Å²) in [7, 11) is 0. The van der Waals surface area contributed by atoms with Crippen molar-refractivity contribution in [2.24, 2.45) is 5.92 Å². The summed E-state index contributed by atoms with van der Waals surface area (Å²) in [4.78, 5) is 17.5. The minimum Gasteiger partial charge on any atom is -0.343 e. The average Bonchev–Trinajstić information content (AvgIpc) is 2.39. The van der Waals surface area contributed by atoms with Crippen molar-refractivity contribution < 1.29 is 4.79 Å². The highest BCUT2D eigenvalue weighted by Crippen LogP contribution is 2.15. The Hall–Kier alpha value is -0.610. The van der Waals surface area contributed by atoms with Crippen LogP contribution in [0.15, 0.2) is 0 Å². The normalized spacial score (nSPS) is 25.1. The van der Waals surface area contributed by atoms with Crippen LogP contribution in [0.3, 0.4) is 0 Å². The van der Waals surface area contributed by atoms with Gasteiger partial charge in [-0.1, -0.05) is 6.92 Å². The van der Waals surface area contributed by atoms with Gasteiger partial charge in [-0.2, -0.15) is 0 Å². The third-order valence-electron chi connectivity index (χ3n) is 4.16. The molecule has 2 aliphatic heterocycles. The largest absolute Gasteiger partial charge is 0.343 e. The molecular weight excluding hydrogens is 214 g/mol. The second kappa shape index (κ2) is 6.36. The van der Waals surface area contributed by atoms with Crippen molar-refractivity contribution in [3.05, 3.63) is 0 Å². The molecule has 2 heterocycles. The zero-order valence-electron chi connectivity index (χ0n) is 11.0. The van der Waals surface area contributed by atoms with Gasteiger partial charge in [0.15, 0.2) is 0 Å². The van der Waals surface area contributed by atoms with Gasteiger partial charge in [0.05, 0.1) is 0 Å². The SMILES string of the molecule is CC1CCN(CCN2CCN(C=O)CC2)CC1. The zero-order valence-corrected chi connectivity index (χ0v) is 11.0. The fourth-order valence-electron chi connectivity index (χ4n) is 2.66. The first-order valence-electron chi connectivity index (χ1n) is 6.92. The predicted octanol–water partition coefficient (Wildman–Crippen LogP) is 0.492. The first-order chi connectivity index (χ1) is 8.28. The van der Waals surface area contributed by atoms with Crippen LogP contribution in [-0.4, -0.2) is 73.5 Å². The summed E-state index contributed by atoms with van der Waals surface area (Å²) < 4.78 is 0. The van der Waals surface area contributed by atoms with E-state index in [4.69, 9.17) is 0 Å². The number of piperazine rings is 1. The highest BCUT2D eigenvalue weighted by molar-refractivity contribution is 5.47. The molecule has 4 heteroatoms. The van der Waals surface area contributed by atoms with Crippen LogP contribution in [-0.2, 0) is 4.79 Å². The number of rotatable bonds is 4. The van der Waals surface area contributed by atoms with Gasteiger partial charge in [-0.05, 0) is 31.8 Å². The fourth-order valence-corrected chi connectivity index (χ4v) is 2.66. The Labute approximate surface area is 105 Å². The van der Waals surface area contributed by atoms with Crippen LogP contribution in [0.5, 0.6) is 0 Å². The van der Waals surface area contributed by atoms with Gasteiger partial charge in [0.2, 0.25) is 6.41 Å². The van der Waals surface area contributed by atoms with Gasteiger partial charge in [0.1, 0.15) is 0 Å². The average molecular weight is 239 g/mol. The Morgan fingerprint density at radius 2 is 1.47 bits per heavy atom. The van der Waals surface area contributed by atoms with Crippen molar-refractivity contribution in [2.45, 2.75) is 19.8 Å².